The van der Waals surface area contributed by atoms with Crippen LogP contribution in [0.2, 0.25) is 10.0 Å². The van der Waals surface area contributed by atoms with Crippen LogP contribution in [0, 0.1) is 10.1 Å². The van der Waals surface area contributed by atoms with Crippen molar-refractivity contribution in [1.82, 2.24) is 9.97 Å². The van der Waals surface area contributed by atoms with Crippen molar-refractivity contribution in [1.29, 1.82) is 0 Å². The van der Waals surface area contributed by atoms with Crippen LogP contribution in [0.1, 0.15) is 30.5 Å². The van der Waals surface area contributed by atoms with Crippen molar-refractivity contribution in [3.05, 3.63) is 134 Å². The van der Waals surface area contributed by atoms with Gasteiger partial charge in [-0.05, 0) is 61.9 Å². The molecule has 0 spiro atoms. The molecule has 0 aliphatic carbocycles. The summed E-state index contributed by atoms with van der Waals surface area (Å²) in [5, 5.41) is 14.7. The Bertz CT molecular complexity index is 1640. The highest BCUT2D eigenvalue weighted by Crippen LogP contribution is 2.45. The Morgan fingerprint density at radius 3 is 2.23 bits per heavy atom. The zero-order valence-electron chi connectivity index (χ0n) is 21.5. The molecule has 0 saturated carbocycles. The lowest BCUT2D eigenvalue weighted by Gasteiger charge is -2.28. The lowest BCUT2D eigenvalue weighted by atomic mass is 9.78. The van der Waals surface area contributed by atoms with Crippen molar-refractivity contribution in [2.45, 2.75) is 19.4 Å². The van der Waals surface area contributed by atoms with E-state index in [1.165, 1.54) is 6.20 Å². The van der Waals surface area contributed by atoms with Crippen molar-refractivity contribution in [2.75, 3.05) is 18.0 Å². The molecule has 1 unspecified atom stereocenters. The average Bonchev–Trinajstić information content (AvgIpc) is 2.95. The van der Waals surface area contributed by atoms with Gasteiger partial charge in [-0.15, -0.1) is 0 Å². The van der Waals surface area contributed by atoms with Gasteiger partial charge in [-0.1, -0.05) is 65.7 Å². The zero-order valence-corrected chi connectivity index (χ0v) is 23.0. The monoisotopic (exact) mass is 556 g/mol. The molecule has 0 bridgehead atoms. The lowest BCUT2D eigenvalue weighted by Crippen LogP contribution is -2.38. The maximum atomic E-state index is 13.1. The van der Waals surface area contributed by atoms with Crippen LogP contribution >= 0.6 is 23.2 Å². The smallest absolute Gasteiger partial charge is 0.298 e. The second-order valence-corrected chi connectivity index (χ2v) is 9.93. The first-order chi connectivity index (χ1) is 18.9. The van der Waals surface area contributed by atoms with Gasteiger partial charge in [0.2, 0.25) is 0 Å². The molecule has 5 rings (SSSR count). The maximum Gasteiger partial charge on any atom is 0.298 e. The van der Waals surface area contributed by atoms with Gasteiger partial charge >= 0.3 is 0 Å². The lowest BCUT2D eigenvalue weighted by molar-refractivity contribution is -0.553. The summed E-state index contributed by atoms with van der Waals surface area (Å²) in [4.78, 5) is 24.2. The Labute approximate surface area is 237 Å². The van der Waals surface area contributed by atoms with Crippen LogP contribution in [-0.2, 0) is 5.54 Å². The number of halogens is 2. The summed E-state index contributed by atoms with van der Waals surface area (Å²) in [5.74, 6) is 0.777. The van der Waals surface area contributed by atoms with Crippen molar-refractivity contribution in [2.24, 2.45) is 0 Å². The van der Waals surface area contributed by atoms with E-state index in [1.54, 1.807) is 60.8 Å². The van der Waals surface area contributed by atoms with E-state index in [4.69, 9.17) is 28.2 Å². The van der Waals surface area contributed by atoms with E-state index < -0.39 is 5.54 Å². The van der Waals surface area contributed by atoms with E-state index in [0.29, 0.717) is 37.6 Å². The van der Waals surface area contributed by atoms with E-state index >= 15 is 0 Å². The number of anilines is 1. The van der Waals surface area contributed by atoms with Gasteiger partial charge in [-0.3, -0.25) is 15.1 Å². The third-order valence-electron chi connectivity index (χ3n) is 7.04. The van der Waals surface area contributed by atoms with Crippen molar-refractivity contribution in [3.8, 4) is 11.1 Å². The van der Waals surface area contributed by atoms with Crippen LogP contribution in [0.25, 0.3) is 22.0 Å². The topological polar surface area (TPSA) is 72.2 Å². The van der Waals surface area contributed by atoms with E-state index in [1.807, 2.05) is 30.3 Å². The Hall–Kier alpha value is -4.00. The summed E-state index contributed by atoms with van der Waals surface area (Å²) < 4.78 is 0. The van der Waals surface area contributed by atoms with Gasteiger partial charge in [0, 0.05) is 57.5 Å². The Kier molecular flexibility index (Phi) is 7.51. The normalized spacial score (nSPS) is 12.7. The summed E-state index contributed by atoms with van der Waals surface area (Å²) in [7, 11) is 0. The standard InChI is InChI=1S/C31H26Cl2N4O2/c1-3-36(4-2)30-28(21-10-6-5-7-11-21)29(33)26-19-23(15-16-27(26)35-30)31(37(38)39,24-13-9-17-34-20-24)22-12-8-14-25(32)18-22/h5-20H,3-4H2,1-2H3. The molecule has 196 valence electrons. The van der Waals surface area contributed by atoms with Gasteiger partial charge in [0.1, 0.15) is 5.82 Å². The predicted molar refractivity (Wildman–Crippen MR) is 158 cm³/mol. The van der Waals surface area contributed by atoms with E-state index in [2.05, 4.69) is 23.7 Å². The molecule has 2 heterocycles. The molecule has 1 atom stereocenters. The minimum atomic E-state index is -1.78. The molecule has 0 saturated heterocycles. The molecule has 8 heteroatoms. The van der Waals surface area contributed by atoms with Gasteiger partial charge < -0.3 is 4.90 Å². The first-order valence-electron chi connectivity index (χ1n) is 12.7. The Morgan fingerprint density at radius 1 is 0.872 bits per heavy atom. The molecule has 0 aliphatic heterocycles. The first-order valence-corrected chi connectivity index (χ1v) is 13.4. The summed E-state index contributed by atoms with van der Waals surface area (Å²) in [5.41, 5.74) is 1.84. The van der Waals surface area contributed by atoms with E-state index in [9.17, 15) is 10.1 Å². The second-order valence-electron chi connectivity index (χ2n) is 9.11. The fourth-order valence-electron chi connectivity index (χ4n) is 5.16. The van der Waals surface area contributed by atoms with Crippen LogP contribution in [0.5, 0.6) is 0 Å². The molecular formula is C31H26Cl2N4O2. The molecular weight excluding hydrogens is 531 g/mol. The second kappa shape index (κ2) is 11.0. The van der Waals surface area contributed by atoms with Crippen molar-refractivity contribution >= 4 is 39.9 Å². The predicted octanol–water partition coefficient (Wildman–Crippen LogP) is 8.02. The van der Waals surface area contributed by atoms with Crippen LogP contribution in [0.15, 0.2) is 97.3 Å². The minimum absolute atomic E-state index is 0.291. The van der Waals surface area contributed by atoms with Gasteiger partial charge in [0.25, 0.3) is 5.54 Å². The number of fused-ring (bicyclic) bond motifs is 1. The molecule has 3 aromatic carbocycles. The Balaban J connectivity index is 1.86. The number of hydrogen-bond donors (Lipinski definition) is 0. The van der Waals surface area contributed by atoms with Gasteiger partial charge in [0.05, 0.1) is 16.1 Å². The van der Waals surface area contributed by atoms with Crippen molar-refractivity contribution in [3.63, 3.8) is 0 Å². The van der Waals surface area contributed by atoms with Crippen molar-refractivity contribution < 1.29 is 4.92 Å². The molecule has 0 amide bonds. The number of aromatic nitrogens is 2. The Morgan fingerprint density at radius 2 is 1.59 bits per heavy atom. The number of rotatable bonds is 8. The number of benzene rings is 3. The highest BCUT2D eigenvalue weighted by molar-refractivity contribution is 6.39. The maximum absolute atomic E-state index is 13.1. The molecule has 5 aromatic rings. The summed E-state index contributed by atoms with van der Waals surface area (Å²) >= 11 is 13.5. The SMILES string of the molecule is CCN(CC)c1nc2ccc(C(c3cccnc3)(c3cccc(Cl)c3)[N+](=O)[O-])cc2c(Cl)c1-c1ccccc1. The largest absolute Gasteiger partial charge is 0.357 e. The van der Waals surface area contributed by atoms with E-state index in [-0.39, 0.29) is 4.92 Å². The third-order valence-corrected chi connectivity index (χ3v) is 7.67. The number of pyridine rings is 2. The summed E-state index contributed by atoms with van der Waals surface area (Å²) in [6, 6.07) is 25.3. The molecule has 0 aliphatic rings. The molecule has 39 heavy (non-hydrogen) atoms. The van der Waals surface area contributed by atoms with Gasteiger partial charge in [-0.2, -0.15) is 0 Å². The quantitative estimate of drug-likeness (QED) is 0.143. The van der Waals surface area contributed by atoms with Crippen LogP contribution in [-0.4, -0.2) is 28.0 Å². The van der Waals surface area contributed by atoms with Gasteiger partial charge in [-0.25, -0.2) is 4.98 Å². The number of nitro groups is 1. The minimum Gasteiger partial charge on any atom is -0.357 e. The zero-order chi connectivity index (χ0) is 27.6. The van der Waals surface area contributed by atoms with Crippen LogP contribution in [0.4, 0.5) is 5.82 Å². The van der Waals surface area contributed by atoms with Crippen LogP contribution in [0.3, 0.4) is 0 Å². The molecule has 6 nitrogen and oxygen atoms in total. The number of nitrogens with zero attached hydrogens (tertiary/aromatic N) is 4. The van der Waals surface area contributed by atoms with E-state index in [0.717, 1.165) is 30.0 Å². The molecule has 2 aromatic heterocycles. The first kappa shape index (κ1) is 26.6. The fourth-order valence-corrected chi connectivity index (χ4v) is 5.69. The number of hydrogen-bond acceptors (Lipinski definition) is 5. The molecule has 0 fully saturated rings. The average molecular weight is 557 g/mol. The van der Waals surface area contributed by atoms with Gasteiger partial charge in [0.15, 0.2) is 0 Å². The molecule has 0 radical (unpaired) electrons. The van der Waals surface area contributed by atoms with Crippen LogP contribution < -0.4 is 4.90 Å². The highest BCUT2D eigenvalue weighted by Gasteiger charge is 2.49. The highest BCUT2D eigenvalue weighted by atomic mass is 35.5. The fraction of sp³-hybridized carbons (Fsp3) is 0.161. The summed E-state index contributed by atoms with van der Waals surface area (Å²) in [6.45, 7) is 5.66. The third kappa shape index (κ3) is 4.60. The molecule has 0 N–H and O–H groups in total. The summed E-state index contributed by atoms with van der Waals surface area (Å²) in [6.07, 6.45) is 3.11.